The average Bonchev–Trinajstić information content (AvgIpc) is 3.00. The first kappa shape index (κ1) is 18.6. The predicted molar refractivity (Wildman–Crippen MR) is 104 cm³/mol. The van der Waals surface area contributed by atoms with Gasteiger partial charge in [0.15, 0.2) is 0 Å². The molecule has 5 nitrogen and oxygen atoms in total. The van der Waals surface area contributed by atoms with Gasteiger partial charge in [-0.05, 0) is 23.8 Å². The van der Waals surface area contributed by atoms with Crippen LogP contribution in [0.3, 0.4) is 0 Å². The number of piperidine rings is 1. The minimum atomic E-state index is -0.0567. The molecule has 0 spiro atoms. The summed E-state index contributed by atoms with van der Waals surface area (Å²) in [5.41, 5.74) is 9.14. The molecule has 1 aromatic heterocycles. The molecule has 0 saturated carbocycles. The van der Waals surface area contributed by atoms with Gasteiger partial charge in [-0.1, -0.05) is 57.5 Å². The van der Waals surface area contributed by atoms with E-state index in [9.17, 15) is 4.79 Å². The quantitative estimate of drug-likeness (QED) is 0.897. The lowest BCUT2D eigenvalue weighted by Crippen LogP contribution is -2.54. The summed E-state index contributed by atoms with van der Waals surface area (Å²) in [5, 5.41) is 4.54. The van der Waals surface area contributed by atoms with Crippen molar-refractivity contribution in [3.8, 4) is 0 Å². The minimum Gasteiger partial charge on any atom is -0.338 e. The van der Waals surface area contributed by atoms with Crippen LogP contribution in [0.25, 0.3) is 0 Å². The number of likely N-dealkylation sites (tertiary alicyclic amines) is 1. The first-order valence-corrected chi connectivity index (χ1v) is 9.56. The van der Waals surface area contributed by atoms with E-state index in [0.717, 1.165) is 37.1 Å². The van der Waals surface area contributed by atoms with Crippen molar-refractivity contribution < 1.29 is 4.79 Å². The van der Waals surface area contributed by atoms with E-state index >= 15 is 0 Å². The van der Waals surface area contributed by atoms with Crippen LogP contribution in [-0.4, -0.2) is 39.7 Å². The third kappa shape index (κ3) is 3.83. The van der Waals surface area contributed by atoms with Gasteiger partial charge in [-0.25, -0.2) is 0 Å². The van der Waals surface area contributed by atoms with E-state index < -0.39 is 0 Å². The number of carbonyl (C=O) groups excluding carboxylic acids is 1. The van der Waals surface area contributed by atoms with E-state index in [-0.39, 0.29) is 17.4 Å². The van der Waals surface area contributed by atoms with Crippen LogP contribution < -0.4 is 5.73 Å². The highest BCUT2D eigenvalue weighted by Gasteiger charge is 2.36. The second-order valence-corrected chi connectivity index (χ2v) is 8.01. The molecule has 140 valence electrons. The van der Waals surface area contributed by atoms with Gasteiger partial charge in [-0.2, -0.15) is 5.10 Å². The second-order valence-electron chi connectivity index (χ2n) is 8.01. The molecule has 1 aliphatic heterocycles. The van der Waals surface area contributed by atoms with E-state index in [4.69, 9.17) is 5.73 Å². The van der Waals surface area contributed by atoms with E-state index in [0.29, 0.717) is 13.1 Å². The lowest BCUT2D eigenvalue weighted by Gasteiger charge is -2.42. The van der Waals surface area contributed by atoms with Gasteiger partial charge in [0, 0.05) is 19.1 Å². The molecule has 5 heteroatoms. The Bertz CT molecular complexity index is 751. The Morgan fingerprint density at radius 1 is 1.31 bits per heavy atom. The van der Waals surface area contributed by atoms with E-state index in [1.165, 1.54) is 5.56 Å². The number of hydrogen-bond acceptors (Lipinski definition) is 3. The molecule has 0 radical (unpaired) electrons. The van der Waals surface area contributed by atoms with Crippen LogP contribution in [-0.2, 0) is 13.0 Å². The van der Waals surface area contributed by atoms with Crippen molar-refractivity contribution in [3.63, 3.8) is 0 Å². The number of carbonyl (C=O) groups is 1. The molecule has 1 aliphatic rings. The summed E-state index contributed by atoms with van der Waals surface area (Å²) in [6.07, 6.45) is 4.43. The minimum absolute atomic E-state index is 0.0567. The summed E-state index contributed by atoms with van der Waals surface area (Å²) in [6, 6.07) is 10.4. The van der Waals surface area contributed by atoms with Crippen LogP contribution in [0.15, 0.2) is 36.5 Å². The summed E-state index contributed by atoms with van der Waals surface area (Å²) >= 11 is 0. The Balaban J connectivity index is 1.84. The molecule has 1 amide bonds. The number of rotatable bonds is 5. The zero-order chi connectivity index (χ0) is 18.7. The van der Waals surface area contributed by atoms with Gasteiger partial charge in [0.2, 0.25) is 0 Å². The summed E-state index contributed by atoms with van der Waals surface area (Å²) in [6.45, 7) is 8.53. The maximum absolute atomic E-state index is 13.2. The van der Waals surface area contributed by atoms with Gasteiger partial charge in [0.05, 0.1) is 24.0 Å². The second kappa shape index (κ2) is 7.62. The lowest BCUT2D eigenvalue weighted by molar-refractivity contribution is 0.0531. The highest BCUT2D eigenvalue weighted by atomic mass is 16.2. The molecule has 0 aliphatic carbocycles. The van der Waals surface area contributed by atoms with E-state index in [2.05, 4.69) is 38.0 Å². The summed E-state index contributed by atoms with van der Waals surface area (Å²) in [5.74, 6) is 0.0905. The van der Waals surface area contributed by atoms with Crippen molar-refractivity contribution in [1.29, 1.82) is 0 Å². The van der Waals surface area contributed by atoms with Crippen molar-refractivity contribution in [1.82, 2.24) is 14.7 Å². The van der Waals surface area contributed by atoms with Crippen LogP contribution in [0.2, 0.25) is 0 Å². The van der Waals surface area contributed by atoms with Gasteiger partial charge in [0.25, 0.3) is 5.91 Å². The third-order valence-corrected chi connectivity index (χ3v) is 5.44. The molecule has 1 saturated heterocycles. The maximum atomic E-state index is 13.2. The van der Waals surface area contributed by atoms with Gasteiger partial charge >= 0.3 is 0 Å². The van der Waals surface area contributed by atoms with Gasteiger partial charge in [-0.3, -0.25) is 9.48 Å². The van der Waals surface area contributed by atoms with Crippen molar-refractivity contribution in [2.45, 2.75) is 52.6 Å². The Morgan fingerprint density at radius 3 is 2.69 bits per heavy atom. The van der Waals surface area contributed by atoms with Gasteiger partial charge in [-0.15, -0.1) is 0 Å². The maximum Gasteiger partial charge on any atom is 0.257 e. The summed E-state index contributed by atoms with van der Waals surface area (Å²) in [4.78, 5) is 15.1. The Labute approximate surface area is 156 Å². The van der Waals surface area contributed by atoms with Gasteiger partial charge < -0.3 is 10.6 Å². The summed E-state index contributed by atoms with van der Waals surface area (Å²) in [7, 11) is 0. The van der Waals surface area contributed by atoms with Crippen molar-refractivity contribution >= 4 is 5.91 Å². The van der Waals surface area contributed by atoms with Crippen molar-refractivity contribution in [2.24, 2.45) is 11.1 Å². The highest BCUT2D eigenvalue weighted by Crippen LogP contribution is 2.29. The predicted octanol–water partition coefficient (Wildman–Crippen LogP) is 3.08. The fourth-order valence-corrected chi connectivity index (χ4v) is 3.70. The molecular formula is C21H30N4O. The fraction of sp³-hybridized carbons (Fsp3) is 0.524. The SMILES string of the molecule is CCCc1c(C(=O)N2CCC(N)C(C)(C)C2)cnn1Cc1ccccc1. The number of nitrogens with zero attached hydrogens (tertiary/aromatic N) is 3. The number of amides is 1. The smallest absolute Gasteiger partial charge is 0.257 e. The Kier molecular flexibility index (Phi) is 5.47. The molecule has 1 aromatic carbocycles. The van der Waals surface area contributed by atoms with Crippen LogP contribution in [0.1, 0.15) is 55.2 Å². The topological polar surface area (TPSA) is 64.2 Å². The first-order chi connectivity index (χ1) is 12.4. The van der Waals surface area contributed by atoms with Crippen LogP contribution in [0.5, 0.6) is 0 Å². The van der Waals surface area contributed by atoms with Crippen LogP contribution >= 0.6 is 0 Å². The zero-order valence-electron chi connectivity index (χ0n) is 16.1. The molecule has 1 unspecified atom stereocenters. The molecule has 1 atom stereocenters. The average molecular weight is 354 g/mol. The molecule has 2 aromatic rings. The van der Waals surface area contributed by atoms with E-state index in [1.54, 1.807) is 6.20 Å². The molecule has 1 fully saturated rings. The van der Waals surface area contributed by atoms with Crippen LogP contribution in [0.4, 0.5) is 0 Å². The molecule has 0 bridgehead atoms. The van der Waals surface area contributed by atoms with E-state index in [1.807, 2.05) is 27.8 Å². The first-order valence-electron chi connectivity index (χ1n) is 9.56. The molecule has 2 heterocycles. The largest absolute Gasteiger partial charge is 0.338 e. The normalized spacial score (nSPS) is 19.5. The Morgan fingerprint density at radius 2 is 2.04 bits per heavy atom. The monoisotopic (exact) mass is 354 g/mol. The molecule has 2 N–H and O–H groups in total. The molecule has 26 heavy (non-hydrogen) atoms. The standard InChI is InChI=1S/C21H30N4O/c1-4-8-18-17(13-23-25(18)14-16-9-6-5-7-10-16)20(26)24-12-11-19(22)21(2,3)15-24/h5-7,9-10,13,19H,4,8,11-12,14-15,22H2,1-3H3. The number of nitrogens with two attached hydrogens (primary N) is 1. The molecular weight excluding hydrogens is 324 g/mol. The number of aromatic nitrogens is 2. The lowest BCUT2D eigenvalue weighted by atomic mass is 9.79. The van der Waals surface area contributed by atoms with Gasteiger partial charge in [0.1, 0.15) is 0 Å². The Hall–Kier alpha value is -2.14. The zero-order valence-corrected chi connectivity index (χ0v) is 16.1. The summed E-state index contributed by atoms with van der Waals surface area (Å²) < 4.78 is 1.98. The van der Waals surface area contributed by atoms with Crippen molar-refractivity contribution in [3.05, 3.63) is 53.3 Å². The fourth-order valence-electron chi connectivity index (χ4n) is 3.70. The highest BCUT2D eigenvalue weighted by molar-refractivity contribution is 5.95. The number of benzene rings is 1. The molecule has 3 rings (SSSR count). The van der Waals surface area contributed by atoms with Crippen LogP contribution in [0, 0.1) is 5.41 Å². The number of hydrogen-bond donors (Lipinski definition) is 1. The van der Waals surface area contributed by atoms with Crippen molar-refractivity contribution in [2.75, 3.05) is 13.1 Å². The third-order valence-electron chi connectivity index (χ3n) is 5.44.